The Morgan fingerprint density at radius 1 is 1.03 bits per heavy atom. The molecule has 196 valence electrons. The fraction of sp³-hybridized carbons (Fsp3) is 0.241. The first-order valence-electron chi connectivity index (χ1n) is 12.0. The number of pyridine rings is 1. The van der Waals surface area contributed by atoms with Gasteiger partial charge in [-0.15, -0.1) is 0 Å². The van der Waals surface area contributed by atoms with E-state index in [0.29, 0.717) is 34.4 Å². The van der Waals surface area contributed by atoms with E-state index in [1.165, 1.54) is 18.3 Å². The third-order valence-electron chi connectivity index (χ3n) is 5.68. The van der Waals surface area contributed by atoms with Crippen molar-refractivity contribution in [3.8, 4) is 29.4 Å². The van der Waals surface area contributed by atoms with Gasteiger partial charge in [-0.2, -0.15) is 0 Å². The molecule has 1 unspecified atom stereocenters. The second kappa shape index (κ2) is 13.7. The molecule has 1 atom stereocenters. The van der Waals surface area contributed by atoms with Crippen LogP contribution in [0, 0.1) is 23.7 Å². The lowest BCUT2D eigenvalue weighted by Crippen LogP contribution is -2.40. The molecule has 0 aliphatic rings. The van der Waals surface area contributed by atoms with Crippen molar-refractivity contribution < 1.29 is 15.0 Å². The van der Waals surface area contributed by atoms with Crippen molar-refractivity contribution in [3.63, 3.8) is 0 Å². The monoisotopic (exact) mass is 550 g/mol. The standard InChI is InChI=1S/C29H28Cl2N4O3/c1-3-35(4-2)18-23(36)17-34-29(38)22-10-5-19(6-11-22)8-12-24-21(13-14-33-28(24)32)9-7-20-15-25(30)27(37)26(31)16-20/h5-6,10-11,13-16,23,36-37H,3-4,17-18H2,1-2H3,(H2,32,33)(H,34,38). The fourth-order valence-electron chi connectivity index (χ4n) is 3.49. The first-order chi connectivity index (χ1) is 18.2. The van der Waals surface area contributed by atoms with Crippen molar-refractivity contribution in [2.45, 2.75) is 20.0 Å². The van der Waals surface area contributed by atoms with E-state index in [0.717, 1.165) is 13.1 Å². The maximum atomic E-state index is 12.5. The molecule has 1 aromatic heterocycles. The molecule has 0 fully saturated rings. The van der Waals surface area contributed by atoms with Crippen LogP contribution in [0.3, 0.4) is 0 Å². The summed E-state index contributed by atoms with van der Waals surface area (Å²) in [5, 5.41) is 22.9. The number of rotatable bonds is 7. The van der Waals surface area contributed by atoms with Gasteiger partial charge in [0.05, 0.1) is 21.7 Å². The van der Waals surface area contributed by atoms with Gasteiger partial charge >= 0.3 is 0 Å². The van der Waals surface area contributed by atoms with Crippen LogP contribution in [-0.2, 0) is 0 Å². The molecule has 2 aromatic carbocycles. The summed E-state index contributed by atoms with van der Waals surface area (Å²) in [5.74, 6) is 11.7. The molecule has 0 aliphatic carbocycles. The van der Waals surface area contributed by atoms with Crippen molar-refractivity contribution in [2.24, 2.45) is 0 Å². The lowest BCUT2D eigenvalue weighted by molar-refractivity contribution is 0.0869. The Labute approximate surface area is 232 Å². The summed E-state index contributed by atoms with van der Waals surface area (Å²) >= 11 is 11.9. The molecular formula is C29H28Cl2N4O3. The summed E-state index contributed by atoms with van der Waals surface area (Å²) in [6.45, 7) is 6.41. The summed E-state index contributed by atoms with van der Waals surface area (Å²) in [5.41, 5.74) is 8.72. The minimum atomic E-state index is -0.644. The number of carbonyl (C=O) groups excluding carboxylic acids is 1. The summed E-state index contributed by atoms with van der Waals surface area (Å²) in [7, 11) is 0. The van der Waals surface area contributed by atoms with Crippen molar-refractivity contribution >= 4 is 34.9 Å². The molecule has 0 aliphatic heterocycles. The fourth-order valence-corrected chi connectivity index (χ4v) is 3.97. The van der Waals surface area contributed by atoms with E-state index in [-0.39, 0.29) is 34.1 Å². The number of halogens is 2. The SMILES string of the molecule is CCN(CC)CC(O)CNC(=O)c1ccc(C#Cc2c(C#Cc3cc(Cl)c(O)c(Cl)c3)ccnc2N)cc1. The molecular weight excluding hydrogens is 523 g/mol. The number of phenolic OH excluding ortho intramolecular Hbond substituents is 1. The van der Waals surface area contributed by atoms with Crippen molar-refractivity contribution in [3.05, 3.63) is 86.5 Å². The highest BCUT2D eigenvalue weighted by molar-refractivity contribution is 6.37. The Morgan fingerprint density at radius 3 is 2.29 bits per heavy atom. The zero-order valence-electron chi connectivity index (χ0n) is 21.1. The van der Waals surface area contributed by atoms with Crippen LogP contribution in [0.25, 0.3) is 0 Å². The van der Waals surface area contributed by atoms with Gasteiger partial charge in [0, 0.05) is 41.5 Å². The topological polar surface area (TPSA) is 112 Å². The minimum absolute atomic E-state index is 0.101. The molecule has 38 heavy (non-hydrogen) atoms. The number of nitrogens with one attached hydrogen (secondary N) is 1. The first-order valence-corrected chi connectivity index (χ1v) is 12.7. The van der Waals surface area contributed by atoms with E-state index in [9.17, 15) is 15.0 Å². The molecule has 0 saturated heterocycles. The number of amides is 1. The second-order valence-electron chi connectivity index (χ2n) is 8.33. The van der Waals surface area contributed by atoms with Crippen LogP contribution >= 0.6 is 23.2 Å². The van der Waals surface area contributed by atoms with Gasteiger partial charge in [0.25, 0.3) is 5.91 Å². The van der Waals surface area contributed by atoms with E-state index in [4.69, 9.17) is 28.9 Å². The van der Waals surface area contributed by atoms with E-state index in [1.807, 2.05) is 13.8 Å². The maximum Gasteiger partial charge on any atom is 0.251 e. The number of nitrogen functional groups attached to an aromatic ring is 1. The van der Waals surface area contributed by atoms with Crippen LogP contribution in [-0.4, -0.2) is 58.3 Å². The minimum Gasteiger partial charge on any atom is -0.505 e. The average molecular weight is 551 g/mol. The summed E-state index contributed by atoms with van der Waals surface area (Å²) < 4.78 is 0. The maximum absolute atomic E-state index is 12.5. The number of aliphatic hydroxyl groups is 1. The number of aliphatic hydroxyl groups excluding tert-OH is 1. The number of hydrogen-bond donors (Lipinski definition) is 4. The van der Waals surface area contributed by atoms with E-state index in [1.54, 1.807) is 30.3 Å². The number of benzene rings is 2. The van der Waals surface area contributed by atoms with Gasteiger partial charge in [0.2, 0.25) is 0 Å². The van der Waals surface area contributed by atoms with Gasteiger partial charge in [-0.3, -0.25) is 4.79 Å². The van der Waals surface area contributed by atoms with E-state index in [2.05, 4.69) is 38.9 Å². The third kappa shape index (κ3) is 7.89. The van der Waals surface area contributed by atoms with Crippen LogP contribution in [0.4, 0.5) is 5.82 Å². The van der Waals surface area contributed by atoms with Gasteiger partial charge in [-0.05, 0) is 55.6 Å². The molecule has 7 nitrogen and oxygen atoms in total. The second-order valence-corrected chi connectivity index (χ2v) is 9.15. The number of hydrogen-bond acceptors (Lipinski definition) is 6. The first kappa shape index (κ1) is 28.8. The summed E-state index contributed by atoms with van der Waals surface area (Å²) in [6, 6.07) is 11.5. The van der Waals surface area contributed by atoms with Crippen molar-refractivity contribution in [1.29, 1.82) is 0 Å². The number of aromatic nitrogens is 1. The summed E-state index contributed by atoms with van der Waals surface area (Å²) in [4.78, 5) is 18.7. The Balaban J connectivity index is 1.72. The number of nitrogens with zero attached hydrogens (tertiary/aromatic N) is 2. The van der Waals surface area contributed by atoms with E-state index >= 15 is 0 Å². The number of carbonyl (C=O) groups is 1. The Hall–Kier alpha value is -3.72. The van der Waals surface area contributed by atoms with E-state index < -0.39 is 6.10 Å². The predicted octanol–water partition coefficient (Wildman–Crippen LogP) is 3.91. The summed E-state index contributed by atoms with van der Waals surface area (Å²) in [6.07, 6.45) is 0.891. The molecule has 9 heteroatoms. The van der Waals surface area contributed by atoms with Crippen LogP contribution < -0.4 is 11.1 Å². The number of likely N-dealkylation sites (N-methyl/N-ethyl adjacent to an activating group) is 1. The van der Waals surface area contributed by atoms with Gasteiger partial charge in [0.1, 0.15) is 5.82 Å². The highest BCUT2D eigenvalue weighted by atomic mass is 35.5. The van der Waals surface area contributed by atoms with Gasteiger partial charge in [-0.1, -0.05) is 60.7 Å². The van der Waals surface area contributed by atoms with Gasteiger partial charge < -0.3 is 26.2 Å². The Bertz CT molecular complexity index is 1390. The zero-order valence-corrected chi connectivity index (χ0v) is 22.6. The van der Waals surface area contributed by atoms with Crippen LogP contribution in [0.15, 0.2) is 48.7 Å². The molecule has 3 aromatic rings. The number of nitrogens with two attached hydrogens (primary N) is 1. The molecule has 0 radical (unpaired) electrons. The lowest BCUT2D eigenvalue weighted by atomic mass is 10.1. The molecule has 5 N–H and O–H groups in total. The quantitative estimate of drug-likeness (QED) is 0.332. The zero-order chi connectivity index (χ0) is 27.7. The van der Waals surface area contributed by atoms with Crippen molar-refractivity contribution in [1.82, 2.24) is 15.2 Å². The predicted molar refractivity (Wildman–Crippen MR) is 151 cm³/mol. The molecule has 1 amide bonds. The number of anilines is 1. The number of aromatic hydroxyl groups is 1. The average Bonchev–Trinajstić information content (AvgIpc) is 2.91. The van der Waals surface area contributed by atoms with Crippen molar-refractivity contribution in [2.75, 3.05) is 31.9 Å². The molecule has 1 heterocycles. The van der Waals surface area contributed by atoms with Crippen LogP contribution in [0.1, 0.15) is 46.5 Å². The number of phenols is 1. The highest BCUT2D eigenvalue weighted by Gasteiger charge is 2.12. The van der Waals surface area contributed by atoms with Gasteiger partial charge in [-0.25, -0.2) is 4.98 Å². The van der Waals surface area contributed by atoms with Crippen LogP contribution in [0.5, 0.6) is 5.75 Å². The Morgan fingerprint density at radius 2 is 1.66 bits per heavy atom. The molecule has 3 rings (SSSR count). The lowest BCUT2D eigenvalue weighted by Gasteiger charge is -2.22. The molecule has 0 saturated carbocycles. The van der Waals surface area contributed by atoms with Crippen LogP contribution in [0.2, 0.25) is 10.0 Å². The normalized spacial score (nSPS) is 11.2. The molecule has 0 spiro atoms. The third-order valence-corrected chi connectivity index (χ3v) is 6.26. The smallest absolute Gasteiger partial charge is 0.251 e. The largest absolute Gasteiger partial charge is 0.505 e. The Kier molecular flexibility index (Phi) is 10.4. The molecule has 0 bridgehead atoms. The highest BCUT2D eigenvalue weighted by Crippen LogP contribution is 2.32. The van der Waals surface area contributed by atoms with Gasteiger partial charge in [0.15, 0.2) is 5.75 Å².